The normalized spacial score (nSPS) is 19.1. The van der Waals surface area contributed by atoms with Crippen LogP contribution in [0, 0.1) is 5.92 Å². The third kappa shape index (κ3) is 2.82. The van der Waals surface area contributed by atoms with Crippen LogP contribution in [0.2, 0.25) is 10.0 Å². The highest BCUT2D eigenvalue weighted by molar-refractivity contribution is 7.89. The third-order valence-corrected chi connectivity index (χ3v) is 5.87. The molecule has 0 aliphatic carbocycles. The molecule has 1 fully saturated rings. The van der Waals surface area contributed by atoms with E-state index in [1.54, 1.807) is 6.07 Å². The molecule has 0 N–H and O–H groups in total. The molecule has 1 aliphatic rings. The fraction of sp³-hybridized carbons (Fsp3) is 0.500. The standard InChI is InChI=1S/C12H15Cl2NO2S/c1-9-4-6-15(7-5-9)18(16,17)12-8-10(13)2-3-11(12)14/h2-3,8-9H,4-7H2,1H3. The van der Waals surface area contributed by atoms with Gasteiger partial charge < -0.3 is 0 Å². The van der Waals surface area contributed by atoms with Crippen LogP contribution in [0.15, 0.2) is 23.1 Å². The van der Waals surface area contributed by atoms with Crippen molar-refractivity contribution < 1.29 is 8.42 Å². The van der Waals surface area contributed by atoms with E-state index in [1.165, 1.54) is 16.4 Å². The Bertz CT molecular complexity index is 537. The molecule has 6 heteroatoms. The molecule has 1 aromatic rings. The number of rotatable bonds is 2. The van der Waals surface area contributed by atoms with Crippen LogP contribution < -0.4 is 0 Å². The molecule has 0 amide bonds. The zero-order valence-electron chi connectivity index (χ0n) is 10.1. The number of sulfonamides is 1. The van der Waals surface area contributed by atoms with Crippen molar-refractivity contribution in [3.63, 3.8) is 0 Å². The molecule has 1 heterocycles. The van der Waals surface area contributed by atoms with Crippen molar-refractivity contribution >= 4 is 33.2 Å². The van der Waals surface area contributed by atoms with Gasteiger partial charge in [0, 0.05) is 18.1 Å². The molecule has 1 saturated heterocycles. The Morgan fingerprint density at radius 3 is 2.44 bits per heavy atom. The highest BCUT2D eigenvalue weighted by Crippen LogP contribution is 2.30. The number of hydrogen-bond acceptors (Lipinski definition) is 2. The maximum atomic E-state index is 12.4. The van der Waals surface area contributed by atoms with E-state index in [4.69, 9.17) is 23.2 Å². The van der Waals surface area contributed by atoms with Gasteiger partial charge in [0.1, 0.15) is 4.90 Å². The van der Waals surface area contributed by atoms with Crippen LogP contribution in [0.4, 0.5) is 0 Å². The highest BCUT2D eigenvalue weighted by Gasteiger charge is 2.29. The molecule has 0 aromatic heterocycles. The Morgan fingerprint density at radius 1 is 1.22 bits per heavy atom. The molecule has 0 spiro atoms. The summed E-state index contributed by atoms with van der Waals surface area (Å²) in [5.41, 5.74) is 0. The predicted molar refractivity (Wildman–Crippen MR) is 73.6 cm³/mol. The van der Waals surface area contributed by atoms with Crippen molar-refractivity contribution in [3.8, 4) is 0 Å². The van der Waals surface area contributed by atoms with Gasteiger partial charge in [-0.05, 0) is 37.0 Å². The molecule has 0 atom stereocenters. The van der Waals surface area contributed by atoms with Gasteiger partial charge >= 0.3 is 0 Å². The molecular weight excluding hydrogens is 293 g/mol. The first kappa shape index (κ1) is 14.1. The fourth-order valence-electron chi connectivity index (χ4n) is 2.04. The van der Waals surface area contributed by atoms with Gasteiger partial charge in [-0.1, -0.05) is 30.1 Å². The lowest BCUT2D eigenvalue weighted by molar-refractivity contribution is 0.288. The lowest BCUT2D eigenvalue weighted by Crippen LogP contribution is -2.38. The van der Waals surface area contributed by atoms with E-state index >= 15 is 0 Å². The molecule has 0 unspecified atom stereocenters. The minimum atomic E-state index is -3.52. The zero-order valence-corrected chi connectivity index (χ0v) is 12.4. The Hall–Kier alpha value is -0.290. The second-order valence-electron chi connectivity index (χ2n) is 4.66. The summed E-state index contributed by atoms with van der Waals surface area (Å²) < 4.78 is 26.4. The molecule has 2 rings (SSSR count). The first-order valence-corrected chi connectivity index (χ1v) is 8.06. The number of piperidine rings is 1. The van der Waals surface area contributed by atoms with Crippen molar-refractivity contribution in [1.29, 1.82) is 0 Å². The van der Waals surface area contributed by atoms with Gasteiger partial charge in [-0.3, -0.25) is 0 Å². The molecule has 18 heavy (non-hydrogen) atoms. The van der Waals surface area contributed by atoms with Gasteiger partial charge in [-0.15, -0.1) is 0 Å². The van der Waals surface area contributed by atoms with Crippen molar-refractivity contribution in [1.82, 2.24) is 4.31 Å². The van der Waals surface area contributed by atoms with Crippen molar-refractivity contribution in [2.75, 3.05) is 13.1 Å². The Balaban J connectivity index is 2.33. The number of benzene rings is 1. The van der Waals surface area contributed by atoms with Crippen molar-refractivity contribution in [3.05, 3.63) is 28.2 Å². The molecule has 3 nitrogen and oxygen atoms in total. The van der Waals surface area contributed by atoms with E-state index in [0.29, 0.717) is 24.0 Å². The van der Waals surface area contributed by atoms with E-state index in [1.807, 2.05) is 0 Å². The smallest absolute Gasteiger partial charge is 0.207 e. The van der Waals surface area contributed by atoms with Gasteiger partial charge in [-0.2, -0.15) is 4.31 Å². The van der Waals surface area contributed by atoms with E-state index in [9.17, 15) is 8.42 Å². The molecule has 100 valence electrons. The second-order valence-corrected chi connectivity index (χ2v) is 7.41. The van der Waals surface area contributed by atoms with Crippen molar-refractivity contribution in [2.45, 2.75) is 24.7 Å². The highest BCUT2D eigenvalue weighted by atomic mass is 35.5. The molecule has 1 aromatic carbocycles. The van der Waals surface area contributed by atoms with Gasteiger partial charge in [0.25, 0.3) is 0 Å². The maximum absolute atomic E-state index is 12.4. The maximum Gasteiger partial charge on any atom is 0.244 e. The summed E-state index contributed by atoms with van der Waals surface area (Å²) in [5, 5.41) is 0.598. The predicted octanol–water partition coefficient (Wildman–Crippen LogP) is 3.41. The second kappa shape index (κ2) is 5.37. The van der Waals surface area contributed by atoms with Gasteiger partial charge in [0.2, 0.25) is 10.0 Å². The molecule has 1 aliphatic heterocycles. The fourth-order valence-corrected chi connectivity index (χ4v) is 4.25. The summed E-state index contributed by atoms with van der Waals surface area (Å²) in [5.74, 6) is 0.575. The Morgan fingerprint density at radius 2 is 1.83 bits per heavy atom. The van der Waals surface area contributed by atoms with E-state index in [-0.39, 0.29) is 9.92 Å². The van der Waals surface area contributed by atoms with Crippen LogP contribution in [0.1, 0.15) is 19.8 Å². The molecule has 0 saturated carbocycles. The zero-order chi connectivity index (χ0) is 13.3. The Labute approximate surface area is 118 Å². The van der Waals surface area contributed by atoms with E-state index in [2.05, 4.69) is 6.92 Å². The number of halogens is 2. The molecule has 0 bridgehead atoms. The summed E-state index contributed by atoms with van der Waals surface area (Å²) in [6.07, 6.45) is 1.77. The third-order valence-electron chi connectivity index (χ3n) is 3.25. The van der Waals surface area contributed by atoms with E-state index in [0.717, 1.165) is 12.8 Å². The minimum Gasteiger partial charge on any atom is -0.207 e. The van der Waals surface area contributed by atoms with Crippen LogP contribution >= 0.6 is 23.2 Å². The monoisotopic (exact) mass is 307 g/mol. The number of nitrogens with zero attached hydrogens (tertiary/aromatic N) is 1. The lowest BCUT2D eigenvalue weighted by atomic mass is 10.0. The van der Waals surface area contributed by atoms with Crippen LogP contribution in [0.25, 0.3) is 0 Å². The summed E-state index contributed by atoms with van der Waals surface area (Å²) in [6.45, 7) is 3.23. The number of hydrogen-bond donors (Lipinski definition) is 0. The van der Waals surface area contributed by atoms with Crippen LogP contribution in [-0.4, -0.2) is 25.8 Å². The topological polar surface area (TPSA) is 37.4 Å². The summed E-state index contributed by atoms with van der Waals surface area (Å²) >= 11 is 11.8. The average molecular weight is 308 g/mol. The molecule has 0 radical (unpaired) electrons. The van der Waals surface area contributed by atoms with E-state index < -0.39 is 10.0 Å². The first-order valence-electron chi connectivity index (χ1n) is 5.86. The lowest BCUT2D eigenvalue weighted by Gasteiger charge is -2.29. The average Bonchev–Trinajstić information content (AvgIpc) is 2.32. The Kier molecular flexibility index (Phi) is 4.22. The van der Waals surface area contributed by atoms with Crippen LogP contribution in [-0.2, 0) is 10.0 Å². The van der Waals surface area contributed by atoms with Gasteiger partial charge in [0.15, 0.2) is 0 Å². The summed E-state index contributed by atoms with van der Waals surface area (Å²) in [7, 11) is -3.52. The summed E-state index contributed by atoms with van der Waals surface area (Å²) in [6, 6.07) is 4.52. The largest absolute Gasteiger partial charge is 0.244 e. The van der Waals surface area contributed by atoms with Crippen LogP contribution in [0.5, 0.6) is 0 Å². The SMILES string of the molecule is CC1CCN(S(=O)(=O)c2cc(Cl)ccc2Cl)CC1. The first-order chi connectivity index (χ1) is 8.41. The minimum absolute atomic E-state index is 0.103. The van der Waals surface area contributed by atoms with Gasteiger partial charge in [0.05, 0.1) is 5.02 Å². The summed E-state index contributed by atoms with van der Waals surface area (Å²) in [4.78, 5) is 0.103. The van der Waals surface area contributed by atoms with Crippen molar-refractivity contribution in [2.24, 2.45) is 5.92 Å². The van der Waals surface area contributed by atoms with Gasteiger partial charge in [-0.25, -0.2) is 8.42 Å². The quantitative estimate of drug-likeness (QED) is 0.839. The van der Waals surface area contributed by atoms with Crippen LogP contribution in [0.3, 0.4) is 0 Å². The molecular formula is C12H15Cl2NO2S.